The summed E-state index contributed by atoms with van der Waals surface area (Å²) in [4.78, 5) is 22.8. The van der Waals surface area contributed by atoms with E-state index in [4.69, 9.17) is 9.15 Å². The quantitative estimate of drug-likeness (QED) is 0.148. The Labute approximate surface area is 176 Å². The summed E-state index contributed by atoms with van der Waals surface area (Å²) >= 11 is 0. The fraction of sp³-hybridized carbons (Fsp3) is 0.158. The molecule has 13 heteroatoms. The zero-order valence-electron chi connectivity index (χ0n) is 16.0. The highest BCUT2D eigenvalue weighted by Gasteiger charge is 2.38. The van der Waals surface area contributed by atoms with Crippen LogP contribution in [-0.4, -0.2) is 27.7 Å². The van der Waals surface area contributed by atoms with E-state index in [0.717, 1.165) is 18.4 Å². The molecule has 1 aromatic carbocycles. The van der Waals surface area contributed by atoms with Crippen LogP contribution in [0.3, 0.4) is 0 Å². The van der Waals surface area contributed by atoms with E-state index in [1.807, 2.05) is 0 Å². The van der Waals surface area contributed by atoms with Crippen LogP contribution >= 0.6 is 0 Å². The van der Waals surface area contributed by atoms with Crippen molar-refractivity contribution in [3.8, 4) is 33.9 Å². The maximum atomic E-state index is 13.5. The summed E-state index contributed by atoms with van der Waals surface area (Å²) in [6.07, 6.45) is -2.94. The molecule has 168 valence electrons. The van der Waals surface area contributed by atoms with Gasteiger partial charge in [-0.15, -0.1) is 0 Å². The van der Waals surface area contributed by atoms with Crippen LogP contribution in [0.4, 0.5) is 18.9 Å². The van der Waals surface area contributed by atoms with E-state index >= 15 is 0 Å². The highest BCUT2D eigenvalue weighted by Crippen LogP contribution is 2.44. The van der Waals surface area contributed by atoms with Crippen molar-refractivity contribution in [2.45, 2.75) is 13.1 Å². The predicted molar refractivity (Wildman–Crippen MR) is 99.5 cm³/mol. The molecular weight excluding hydrogens is 441 g/mol. The monoisotopic (exact) mass is 454 g/mol. The lowest BCUT2D eigenvalue weighted by atomic mass is 9.97. The van der Waals surface area contributed by atoms with Crippen molar-refractivity contribution in [2.75, 3.05) is 6.61 Å². The van der Waals surface area contributed by atoms with E-state index in [1.165, 1.54) is 6.92 Å². The first kappa shape index (κ1) is 22.4. The smallest absolute Gasteiger partial charge is 0.417 e. The molecule has 2 N–H and O–H groups in total. The van der Waals surface area contributed by atoms with E-state index in [1.54, 1.807) is 0 Å². The number of pyridine rings is 1. The van der Waals surface area contributed by atoms with Crippen LogP contribution in [0.1, 0.15) is 22.8 Å². The number of ether oxygens (including phenoxy) is 1. The molecule has 0 bridgehead atoms. The minimum atomic E-state index is -4.92. The van der Waals surface area contributed by atoms with Gasteiger partial charge in [-0.25, -0.2) is 4.79 Å². The van der Waals surface area contributed by atoms with Crippen LogP contribution in [0.15, 0.2) is 41.3 Å². The zero-order valence-corrected chi connectivity index (χ0v) is 16.0. The molecule has 32 heavy (non-hydrogen) atoms. The SMILES string of the molecule is CCOC(=O)c1c(-c2cc(O)c(O)c([N+](=O)[O-])c2)coc1-c1c[n+]([O-])ccc1C(F)(F)F. The number of aromatic hydroxyl groups is 2. The molecule has 0 saturated heterocycles. The number of phenols is 2. The van der Waals surface area contributed by atoms with Gasteiger partial charge < -0.3 is 24.6 Å². The summed E-state index contributed by atoms with van der Waals surface area (Å²) in [6.45, 7) is 1.26. The third kappa shape index (κ3) is 3.99. The highest BCUT2D eigenvalue weighted by atomic mass is 19.4. The maximum Gasteiger partial charge on any atom is 0.417 e. The van der Waals surface area contributed by atoms with Gasteiger partial charge in [-0.05, 0) is 18.6 Å². The number of halogens is 3. The Bertz CT molecular complexity index is 1220. The predicted octanol–water partition coefficient (Wildman–Crippen LogP) is 3.76. The number of hydrogen-bond donors (Lipinski definition) is 2. The Kier molecular flexibility index (Phi) is 5.66. The van der Waals surface area contributed by atoms with Gasteiger partial charge in [0.2, 0.25) is 5.75 Å². The summed E-state index contributed by atoms with van der Waals surface area (Å²) in [5, 5.41) is 42.4. The van der Waals surface area contributed by atoms with Crippen LogP contribution in [0.25, 0.3) is 22.5 Å². The van der Waals surface area contributed by atoms with Crippen LogP contribution in [0, 0.1) is 15.3 Å². The van der Waals surface area contributed by atoms with Crippen LogP contribution in [0.2, 0.25) is 0 Å². The van der Waals surface area contributed by atoms with Gasteiger partial charge >= 0.3 is 17.8 Å². The Balaban J connectivity index is 2.34. The van der Waals surface area contributed by atoms with Gasteiger partial charge in [0.05, 0.1) is 28.9 Å². The number of nitrogens with zero attached hydrogens (tertiary/aromatic N) is 2. The molecule has 0 atom stereocenters. The van der Waals surface area contributed by atoms with Crippen molar-refractivity contribution >= 4 is 11.7 Å². The third-order valence-corrected chi connectivity index (χ3v) is 4.33. The van der Waals surface area contributed by atoms with Crippen LogP contribution < -0.4 is 4.73 Å². The molecule has 0 aliphatic carbocycles. The number of nitro groups is 1. The lowest BCUT2D eigenvalue weighted by Crippen LogP contribution is -2.26. The summed E-state index contributed by atoms with van der Waals surface area (Å²) < 4.78 is 50.7. The maximum absolute atomic E-state index is 13.5. The zero-order chi connectivity index (χ0) is 23.8. The third-order valence-electron chi connectivity index (χ3n) is 4.33. The molecule has 0 saturated carbocycles. The first-order valence-corrected chi connectivity index (χ1v) is 8.75. The number of alkyl halides is 3. The molecule has 0 unspecified atom stereocenters. The van der Waals surface area contributed by atoms with E-state index < -0.39 is 56.7 Å². The molecule has 0 amide bonds. The minimum Gasteiger partial charge on any atom is -0.619 e. The van der Waals surface area contributed by atoms with Crippen molar-refractivity contribution in [3.63, 3.8) is 0 Å². The molecule has 2 aromatic heterocycles. The Morgan fingerprint density at radius 1 is 1.28 bits per heavy atom. The molecule has 3 aromatic rings. The van der Waals surface area contributed by atoms with Gasteiger partial charge in [0.25, 0.3) is 0 Å². The van der Waals surface area contributed by atoms with E-state index in [9.17, 15) is 43.5 Å². The van der Waals surface area contributed by atoms with Crippen LogP contribution in [-0.2, 0) is 10.9 Å². The Hall–Kier alpha value is -4.29. The highest BCUT2D eigenvalue weighted by molar-refractivity contribution is 6.03. The van der Waals surface area contributed by atoms with Gasteiger partial charge in [-0.2, -0.15) is 17.9 Å². The van der Waals surface area contributed by atoms with Gasteiger partial charge in [0.1, 0.15) is 5.56 Å². The summed E-state index contributed by atoms with van der Waals surface area (Å²) in [7, 11) is 0. The summed E-state index contributed by atoms with van der Waals surface area (Å²) in [5.41, 5.74) is -4.05. The van der Waals surface area contributed by atoms with E-state index in [0.29, 0.717) is 18.5 Å². The van der Waals surface area contributed by atoms with Crippen molar-refractivity contribution in [1.29, 1.82) is 0 Å². The number of esters is 1. The van der Waals surface area contributed by atoms with Gasteiger partial charge in [-0.1, -0.05) is 0 Å². The molecule has 3 rings (SSSR count). The summed E-state index contributed by atoms with van der Waals surface area (Å²) in [5.74, 6) is -3.78. The van der Waals surface area contributed by atoms with E-state index in [2.05, 4.69) is 0 Å². The molecule has 0 aliphatic rings. The average molecular weight is 454 g/mol. The summed E-state index contributed by atoms with van der Waals surface area (Å²) in [6, 6.07) is 2.13. The number of benzene rings is 1. The molecule has 0 aliphatic heterocycles. The molecule has 10 nitrogen and oxygen atoms in total. The number of phenolic OH excluding ortho intramolecular Hbond substituents is 2. The Morgan fingerprint density at radius 3 is 2.56 bits per heavy atom. The lowest BCUT2D eigenvalue weighted by Gasteiger charge is -2.12. The second kappa shape index (κ2) is 8.09. The van der Waals surface area contributed by atoms with Gasteiger partial charge in [0, 0.05) is 17.7 Å². The molecule has 0 radical (unpaired) electrons. The molecule has 2 heterocycles. The largest absolute Gasteiger partial charge is 0.619 e. The number of carbonyl (C=O) groups excluding carboxylic acids is 1. The fourth-order valence-electron chi connectivity index (χ4n) is 2.98. The van der Waals surface area contributed by atoms with Crippen molar-refractivity contribution in [1.82, 2.24) is 0 Å². The first-order chi connectivity index (χ1) is 15.0. The topological polar surface area (TPSA) is 150 Å². The fourth-order valence-corrected chi connectivity index (χ4v) is 2.98. The van der Waals surface area contributed by atoms with E-state index in [-0.39, 0.29) is 22.5 Å². The number of furan rings is 1. The number of nitro benzene ring substituents is 1. The van der Waals surface area contributed by atoms with Gasteiger partial charge in [-0.3, -0.25) is 10.1 Å². The molecular formula is C19H13F3N2O8. The standard InChI is InChI=1S/C19H13F3N2O8/c1-2-31-18(27)15-11(9-5-13(24(29)30)16(26)14(25)6-9)8-32-17(15)10-7-23(28)4-3-12(10)19(20,21)22/h3-8,25-26H,2H2,1H3. The van der Waals surface area contributed by atoms with Gasteiger partial charge in [0.15, 0.2) is 23.9 Å². The minimum absolute atomic E-state index is 0.0684. The van der Waals surface area contributed by atoms with Crippen molar-refractivity contribution in [2.24, 2.45) is 0 Å². The first-order valence-electron chi connectivity index (χ1n) is 8.75. The van der Waals surface area contributed by atoms with Crippen molar-refractivity contribution in [3.05, 3.63) is 63.3 Å². The Morgan fingerprint density at radius 2 is 1.97 bits per heavy atom. The van der Waals surface area contributed by atoms with Crippen LogP contribution in [0.5, 0.6) is 11.5 Å². The molecule has 0 spiro atoms. The number of aromatic nitrogens is 1. The van der Waals surface area contributed by atoms with Crippen molar-refractivity contribution < 1.29 is 47.0 Å². The second-order valence-corrected chi connectivity index (χ2v) is 6.32. The number of hydrogen-bond acceptors (Lipinski definition) is 8. The molecule has 0 fully saturated rings. The number of rotatable bonds is 5. The number of carbonyl (C=O) groups is 1. The average Bonchev–Trinajstić information content (AvgIpc) is 3.14. The lowest BCUT2D eigenvalue weighted by molar-refractivity contribution is -0.605. The second-order valence-electron chi connectivity index (χ2n) is 6.32. The normalized spacial score (nSPS) is 11.4.